The summed E-state index contributed by atoms with van der Waals surface area (Å²) in [6.07, 6.45) is 48.4. The summed E-state index contributed by atoms with van der Waals surface area (Å²) in [5, 5.41) is 67.5. The number of nitrogens with one attached hydrogen (secondary N) is 1. The van der Waals surface area contributed by atoms with Crippen LogP contribution in [-0.4, -0.2) is 98.4 Å². The van der Waals surface area contributed by atoms with Crippen molar-refractivity contribution in [3.05, 3.63) is 134 Å². The number of hydrogen-bond donors (Lipinski definition) is 5. The predicted molar refractivity (Wildman–Crippen MR) is 253 cm³/mol. The number of aliphatic hydroxyl groups excluding tert-OH is 4. The Kier molecular flexibility index (Phi) is 59.1. The van der Waals surface area contributed by atoms with Crippen molar-refractivity contribution in [1.82, 2.24) is 0 Å². The number of unbranched alkanes of at least 4 members (excludes halogenated alkanes) is 4. The third-order valence-electron chi connectivity index (χ3n) is 8.15. The number of carbonyl (C=O) groups is 3. The van der Waals surface area contributed by atoms with E-state index >= 15 is 0 Å². The minimum absolute atomic E-state index is 0. The molecule has 0 radical (unpaired) electrons. The van der Waals surface area contributed by atoms with Crippen molar-refractivity contribution in [2.24, 2.45) is 5.92 Å². The van der Waals surface area contributed by atoms with Crippen LogP contribution in [0.3, 0.4) is 0 Å². The Morgan fingerprint density at radius 3 is 1.32 bits per heavy atom. The number of carbonyl (C=O) groups excluding carboxylic acids is 3. The molecule has 0 bridgehead atoms. The molecule has 0 aliphatic carbocycles. The van der Waals surface area contributed by atoms with Gasteiger partial charge < -0.3 is 68.5 Å². The third-order valence-corrected chi connectivity index (χ3v) is 8.15. The van der Waals surface area contributed by atoms with Crippen molar-refractivity contribution in [3.63, 3.8) is 0 Å². The van der Waals surface area contributed by atoms with E-state index in [1.54, 1.807) is 30.4 Å². The van der Waals surface area contributed by atoms with Crippen LogP contribution in [0.1, 0.15) is 124 Å². The van der Waals surface area contributed by atoms with E-state index in [0.717, 1.165) is 51.5 Å². The molecule has 0 aliphatic heterocycles. The van der Waals surface area contributed by atoms with Gasteiger partial charge in [0, 0.05) is 17.9 Å². The Balaban J connectivity index is -0.000000263. The van der Waals surface area contributed by atoms with E-state index in [2.05, 4.69) is 62.1 Å². The molecule has 13 heteroatoms. The smallest absolute Gasteiger partial charge is 0.670 e. The number of carboxylic acids is 3. The second-order valence-electron chi connectivity index (χ2n) is 14.0. The standard InChI is InChI=1S/C20H30O4.C20H32O2.C7H14NO2.C3H6NO2.Mg/c1-2-18(21)19(22)16-14-12-10-8-6-4-3-5-7-9-11-13-15-17-20(23)24;1-3-5-6-7-8-9-10-11-12-13-14-15-16-17-18-20(22)19(21)4-2;1-6(7(9)10)4-2-3-5-8;1-2(4)3(5)6;/h3,5-6,8-12,14,16,18-19,21-22H,2,4,7,13,15,17H2,1H3,(H,23,24);7-8,10-11,13-22H,3-6,9,12H2,1-2H3;6H,1-5,8H2,(H,9,10);2,4H,1H3,(H,5,6);/q;;2*-1;+2/p-2/b5-3-,8-6-,11-9-,12-10+,16-14+;8-7-,11-10-,14-13-,16-15+,18-17+;;;/t18-,19-;19-,20-;6-;2-;/m1100./s1. The Labute approximate surface area is 396 Å². The van der Waals surface area contributed by atoms with Gasteiger partial charge >= 0.3 is 23.1 Å². The van der Waals surface area contributed by atoms with Crippen molar-refractivity contribution in [1.29, 1.82) is 0 Å². The number of aliphatic hydroxyl groups is 4. The third kappa shape index (κ3) is 60.5. The predicted octanol–water partition coefficient (Wildman–Crippen LogP) is 4.86. The number of aliphatic carboxylic acids is 3. The van der Waals surface area contributed by atoms with Crippen LogP contribution in [0.5, 0.6) is 0 Å². The molecular weight excluding hydrogens is 813 g/mol. The topological polar surface area (TPSA) is 253 Å². The zero-order valence-electron chi connectivity index (χ0n) is 38.7. The molecule has 0 aromatic carbocycles. The number of allylic oxidation sites excluding steroid dienone is 18. The monoisotopic (exact) mass is 893 g/mol. The summed E-state index contributed by atoms with van der Waals surface area (Å²) in [6, 6.07) is -1.09. The van der Waals surface area contributed by atoms with Crippen molar-refractivity contribution in [2.75, 3.05) is 6.54 Å². The first-order valence-corrected chi connectivity index (χ1v) is 21.9. The van der Waals surface area contributed by atoms with Crippen LogP contribution < -0.4 is 21.1 Å². The van der Waals surface area contributed by atoms with Gasteiger partial charge in [-0.1, -0.05) is 168 Å². The molecule has 0 fully saturated rings. The molecule has 0 aliphatic rings. The molecule has 0 rings (SSSR count). The van der Waals surface area contributed by atoms with E-state index in [1.165, 1.54) is 26.2 Å². The van der Waals surface area contributed by atoms with Crippen molar-refractivity contribution in [2.45, 2.75) is 154 Å². The summed E-state index contributed by atoms with van der Waals surface area (Å²) < 4.78 is 0. The zero-order chi connectivity index (χ0) is 47.7. The molecule has 8 N–H and O–H groups in total. The zero-order valence-corrected chi connectivity index (χ0v) is 40.1. The summed E-state index contributed by atoms with van der Waals surface area (Å²) in [4.78, 5) is 29.7. The van der Waals surface area contributed by atoms with Gasteiger partial charge in [-0.15, -0.1) is 12.0 Å². The fourth-order valence-electron chi connectivity index (χ4n) is 4.17. The summed E-state index contributed by atoms with van der Waals surface area (Å²) in [5.41, 5.74) is 10.0. The molecular formula is C50H80MgN2O10-2. The van der Waals surface area contributed by atoms with Gasteiger partial charge in [-0.05, 0) is 77.0 Å². The Morgan fingerprint density at radius 1 is 0.587 bits per heavy atom. The summed E-state index contributed by atoms with van der Waals surface area (Å²) in [6.45, 7) is 11.4. The molecule has 0 aromatic rings. The van der Waals surface area contributed by atoms with Gasteiger partial charge in [0.25, 0.3) is 0 Å². The number of carboxylic acid groups (broad SMARTS) is 3. The average molecular weight is 893 g/mol. The van der Waals surface area contributed by atoms with Gasteiger partial charge in [-0.25, -0.2) is 0 Å². The summed E-state index contributed by atoms with van der Waals surface area (Å²) >= 11 is 0. The van der Waals surface area contributed by atoms with Crippen LogP contribution in [0.15, 0.2) is 122 Å². The van der Waals surface area contributed by atoms with Crippen LogP contribution >= 0.6 is 0 Å². The van der Waals surface area contributed by atoms with Crippen LogP contribution in [0, 0.1) is 12.8 Å². The largest absolute Gasteiger partial charge is 2.00 e. The van der Waals surface area contributed by atoms with Gasteiger partial charge in [-0.2, -0.15) is 0 Å². The summed E-state index contributed by atoms with van der Waals surface area (Å²) in [5.74, 6) is -3.92. The minimum Gasteiger partial charge on any atom is -0.670 e. The van der Waals surface area contributed by atoms with Crippen molar-refractivity contribution < 1.29 is 55.9 Å². The Morgan fingerprint density at radius 2 is 0.968 bits per heavy atom. The SMILES string of the molecule is CCCC/C=C\C/C=C\C\C=C/C=C/C=C/[C@@H](O)[C@H](O)CC.CC[C@@H](O)[C@H](O)/C=C/C=C/C=C\C/C=C\C/C=C\CCCC(=O)[O-].C[C@H]([NH-])C(=O)[O-].[CH2-][C@@H](CCCC[NH3+])C(=O)[O-].[Mg+2]. The van der Waals surface area contributed by atoms with Gasteiger partial charge in [0.1, 0.15) is 0 Å². The number of rotatable bonds is 31. The first-order valence-electron chi connectivity index (χ1n) is 21.9. The maximum atomic E-state index is 10.2. The van der Waals surface area contributed by atoms with Gasteiger partial charge in [0.05, 0.1) is 31.0 Å². The quantitative estimate of drug-likeness (QED) is 0.0208. The minimum atomic E-state index is -1.32. The number of quaternary nitrogens is 1. The molecule has 0 aromatic heterocycles. The van der Waals surface area contributed by atoms with E-state index in [4.69, 9.17) is 5.73 Å². The molecule has 0 amide bonds. The fraction of sp³-hybridized carbons (Fsp3) is 0.520. The molecule has 0 saturated heterocycles. The number of hydrogen-bond acceptors (Lipinski definition) is 10. The molecule has 12 nitrogen and oxygen atoms in total. The van der Waals surface area contributed by atoms with Crippen molar-refractivity contribution in [3.8, 4) is 0 Å². The van der Waals surface area contributed by atoms with Crippen LogP contribution in [-0.2, 0) is 14.4 Å². The van der Waals surface area contributed by atoms with Crippen LogP contribution in [0.25, 0.3) is 5.73 Å². The molecule has 0 saturated carbocycles. The van der Waals surface area contributed by atoms with E-state index in [0.29, 0.717) is 25.7 Å². The second-order valence-corrected chi connectivity index (χ2v) is 14.0. The molecule has 0 spiro atoms. The van der Waals surface area contributed by atoms with E-state index in [1.807, 2.05) is 62.5 Å². The molecule has 354 valence electrons. The van der Waals surface area contributed by atoms with Crippen molar-refractivity contribution >= 4 is 41.0 Å². The summed E-state index contributed by atoms with van der Waals surface area (Å²) in [7, 11) is 0. The van der Waals surface area contributed by atoms with Gasteiger partial charge in [0.2, 0.25) is 0 Å². The second kappa shape index (κ2) is 54.5. The van der Waals surface area contributed by atoms with Crippen LogP contribution in [0.4, 0.5) is 0 Å². The molecule has 6 atom stereocenters. The van der Waals surface area contributed by atoms with Gasteiger partial charge in [0.15, 0.2) is 0 Å². The maximum absolute atomic E-state index is 10.2. The van der Waals surface area contributed by atoms with E-state index in [-0.39, 0.29) is 29.5 Å². The van der Waals surface area contributed by atoms with Gasteiger partial charge in [-0.3, -0.25) is 0 Å². The Hall–Kier alpha value is -3.66. The van der Waals surface area contributed by atoms with E-state index < -0.39 is 54.3 Å². The van der Waals surface area contributed by atoms with E-state index in [9.17, 15) is 50.1 Å². The maximum Gasteiger partial charge on any atom is 2.00 e. The molecule has 0 unspecified atom stereocenters. The normalized spacial score (nSPS) is 14.8. The molecule has 0 heterocycles. The van der Waals surface area contributed by atoms with Crippen LogP contribution in [0.2, 0.25) is 0 Å². The fourth-order valence-corrected chi connectivity index (χ4v) is 4.17. The first kappa shape index (κ1) is 68.4. The first-order chi connectivity index (χ1) is 29.6. The Bertz CT molecular complexity index is 1370. The average Bonchev–Trinajstić information content (AvgIpc) is 3.24. The molecule has 63 heavy (non-hydrogen) atoms.